The summed E-state index contributed by atoms with van der Waals surface area (Å²) in [6, 6.07) is 17.7. The zero-order valence-electron chi connectivity index (χ0n) is 16.1. The molecule has 4 rings (SSSR count). The summed E-state index contributed by atoms with van der Waals surface area (Å²) in [5.41, 5.74) is 1.72. The van der Waals surface area contributed by atoms with Crippen molar-refractivity contribution in [1.29, 1.82) is 0 Å². The van der Waals surface area contributed by atoms with E-state index in [0.29, 0.717) is 21.9 Å². The van der Waals surface area contributed by atoms with Crippen molar-refractivity contribution in [3.63, 3.8) is 0 Å². The molecule has 2 aromatic heterocycles. The number of thioether (sulfide) groups is 1. The number of halogens is 1. The largest absolute Gasteiger partial charge is 0.351 e. The van der Waals surface area contributed by atoms with Gasteiger partial charge in [0.05, 0.1) is 11.1 Å². The number of hydrogen-bond acceptors (Lipinski definition) is 5. The number of carbonyl (C=O) groups is 1. The van der Waals surface area contributed by atoms with Crippen LogP contribution < -0.4 is 10.9 Å². The van der Waals surface area contributed by atoms with Crippen molar-refractivity contribution >= 4 is 39.2 Å². The maximum atomic E-state index is 12.9. The molecule has 0 atom stereocenters. The highest BCUT2D eigenvalue weighted by Gasteiger charge is 2.14. The SMILES string of the molecule is Cn1c(SCC(=O)NCc2ccc(F)cc2)nc2sc(-c3ccccc3)cc2c1=O. The third kappa shape index (κ3) is 4.44. The summed E-state index contributed by atoms with van der Waals surface area (Å²) in [6.45, 7) is 0.316. The highest BCUT2D eigenvalue weighted by atomic mass is 32.2. The van der Waals surface area contributed by atoms with Gasteiger partial charge in [-0.25, -0.2) is 9.37 Å². The van der Waals surface area contributed by atoms with Crippen molar-refractivity contribution in [2.24, 2.45) is 7.05 Å². The quantitative estimate of drug-likeness (QED) is 0.361. The lowest BCUT2D eigenvalue weighted by atomic mass is 10.2. The normalized spacial score (nSPS) is 11.0. The highest BCUT2D eigenvalue weighted by Crippen LogP contribution is 2.31. The summed E-state index contributed by atoms with van der Waals surface area (Å²) in [6.07, 6.45) is 0. The van der Waals surface area contributed by atoms with Gasteiger partial charge in [0.15, 0.2) is 5.16 Å². The summed E-state index contributed by atoms with van der Waals surface area (Å²) in [5, 5.41) is 3.86. The van der Waals surface area contributed by atoms with Gasteiger partial charge in [0.1, 0.15) is 10.6 Å². The number of rotatable bonds is 6. The van der Waals surface area contributed by atoms with E-state index in [1.54, 1.807) is 19.2 Å². The zero-order valence-corrected chi connectivity index (χ0v) is 17.7. The van der Waals surface area contributed by atoms with Crippen LogP contribution in [0.2, 0.25) is 0 Å². The molecule has 0 bridgehead atoms. The van der Waals surface area contributed by atoms with E-state index >= 15 is 0 Å². The van der Waals surface area contributed by atoms with Crippen LogP contribution in [-0.2, 0) is 18.4 Å². The van der Waals surface area contributed by atoms with Gasteiger partial charge in [-0.3, -0.25) is 14.2 Å². The molecule has 4 aromatic rings. The van der Waals surface area contributed by atoms with Crippen LogP contribution in [0, 0.1) is 5.82 Å². The van der Waals surface area contributed by atoms with Crippen molar-refractivity contribution < 1.29 is 9.18 Å². The summed E-state index contributed by atoms with van der Waals surface area (Å²) in [4.78, 5) is 31.2. The van der Waals surface area contributed by atoms with E-state index in [1.807, 2.05) is 36.4 Å². The molecule has 0 unspecified atom stereocenters. The number of amides is 1. The lowest BCUT2D eigenvalue weighted by molar-refractivity contribution is -0.118. The second kappa shape index (κ2) is 8.81. The fraction of sp³-hybridized carbons (Fsp3) is 0.136. The number of fused-ring (bicyclic) bond motifs is 1. The first kappa shape index (κ1) is 20.3. The van der Waals surface area contributed by atoms with Gasteiger partial charge in [-0.05, 0) is 29.3 Å². The molecule has 2 heterocycles. The molecule has 0 aliphatic carbocycles. The Hall–Kier alpha value is -2.97. The Balaban J connectivity index is 1.47. The average Bonchev–Trinajstić information content (AvgIpc) is 3.20. The molecule has 0 aliphatic heterocycles. The molecule has 0 radical (unpaired) electrons. The molecule has 30 heavy (non-hydrogen) atoms. The molecule has 5 nitrogen and oxygen atoms in total. The van der Waals surface area contributed by atoms with Gasteiger partial charge in [0, 0.05) is 18.5 Å². The van der Waals surface area contributed by atoms with Crippen molar-refractivity contribution in [3.8, 4) is 10.4 Å². The minimum atomic E-state index is -0.313. The predicted molar refractivity (Wildman–Crippen MR) is 119 cm³/mol. The number of nitrogens with one attached hydrogen (secondary N) is 1. The molecule has 0 fully saturated rings. The molecule has 8 heteroatoms. The Labute approximate surface area is 180 Å². The summed E-state index contributed by atoms with van der Waals surface area (Å²) in [5.74, 6) is -0.369. The van der Waals surface area contributed by atoms with Gasteiger partial charge in [0.25, 0.3) is 5.56 Å². The molecular weight excluding hydrogens is 421 g/mol. The molecule has 2 aromatic carbocycles. The minimum Gasteiger partial charge on any atom is -0.351 e. The molecule has 0 aliphatic rings. The molecule has 152 valence electrons. The molecule has 1 N–H and O–H groups in total. The smallest absolute Gasteiger partial charge is 0.262 e. The number of thiophene rings is 1. The third-order valence-electron chi connectivity index (χ3n) is 4.53. The van der Waals surface area contributed by atoms with E-state index in [-0.39, 0.29) is 23.0 Å². The minimum absolute atomic E-state index is 0.129. The average molecular weight is 440 g/mol. The number of carbonyl (C=O) groups excluding carboxylic acids is 1. The summed E-state index contributed by atoms with van der Waals surface area (Å²) < 4.78 is 14.4. The van der Waals surface area contributed by atoms with E-state index in [0.717, 1.165) is 16.0 Å². The highest BCUT2D eigenvalue weighted by molar-refractivity contribution is 7.99. The number of nitrogens with zero attached hydrogens (tertiary/aromatic N) is 2. The number of aromatic nitrogens is 2. The predicted octanol–water partition coefficient (Wildman–Crippen LogP) is 4.21. The van der Waals surface area contributed by atoms with E-state index in [1.165, 1.54) is 39.8 Å². The van der Waals surface area contributed by atoms with Gasteiger partial charge >= 0.3 is 0 Å². The monoisotopic (exact) mass is 439 g/mol. The van der Waals surface area contributed by atoms with Crippen LogP contribution in [0.5, 0.6) is 0 Å². The van der Waals surface area contributed by atoms with E-state index in [9.17, 15) is 14.0 Å². The van der Waals surface area contributed by atoms with Crippen LogP contribution in [0.4, 0.5) is 4.39 Å². The first-order valence-electron chi connectivity index (χ1n) is 9.21. The second-order valence-electron chi connectivity index (χ2n) is 6.65. The van der Waals surface area contributed by atoms with Crippen molar-refractivity contribution in [2.45, 2.75) is 11.7 Å². The van der Waals surface area contributed by atoms with Crippen molar-refractivity contribution in [2.75, 3.05) is 5.75 Å². The zero-order chi connectivity index (χ0) is 21.1. The van der Waals surface area contributed by atoms with Gasteiger partial charge in [-0.2, -0.15) is 0 Å². The van der Waals surface area contributed by atoms with Crippen LogP contribution in [0.3, 0.4) is 0 Å². The molecule has 0 spiro atoms. The fourth-order valence-corrected chi connectivity index (χ4v) is 4.78. The Morgan fingerprint density at radius 2 is 1.90 bits per heavy atom. The fourth-order valence-electron chi connectivity index (χ4n) is 2.90. The Morgan fingerprint density at radius 3 is 2.63 bits per heavy atom. The number of hydrogen-bond donors (Lipinski definition) is 1. The Morgan fingerprint density at radius 1 is 1.17 bits per heavy atom. The topological polar surface area (TPSA) is 64.0 Å². The first-order valence-corrected chi connectivity index (χ1v) is 11.0. The Bertz CT molecular complexity index is 1250. The summed E-state index contributed by atoms with van der Waals surface area (Å²) >= 11 is 2.67. The van der Waals surface area contributed by atoms with Crippen LogP contribution in [-0.4, -0.2) is 21.2 Å². The first-order chi connectivity index (χ1) is 14.5. The van der Waals surface area contributed by atoms with Gasteiger partial charge in [-0.15, -0.1) is 11.3 Å². The number of benzene rings is 2. The van der Waals surface area contributed by atoms with Crippen LogP contribution in [0.15, 0.2) is 70.6 Å². The second-order valence-corrected chi connectivity index (χ2v) is 8.62. The Kier molecular flexibility index (Phi) is 5.96. The molecular formula is C22H18FN3O2S2. The van der Waals surface area contributed by atoms with Gasteiger partial charge < -0.3 is 5.32 Å². The lowest BCUT2D eigenvalue weighted by Gasteiger charge is -2.08. The standard InChI is InChI=1S/C22H18FN3O2S2/c1-26-21(28)17-11-18(15-5-3-2-4-6-15)30-20(17)25-22(26)29-13-19(27)24-12-14-7-9-16(23)10-8-14/h2-11H,12-13H2,1H3,(H,24,27). The van der Waals surface area contributed by atoms with E-state index in [4.69, 9.17) is 0 Å². The van der Waals surface area contributed by atoms with Crippen molar-refractivity contribution in [3.05, 3.63) is 82.4 Å². The van der Waals surface area contributed by atoms with Gasteiger partial charge in [-0.1, -0.05) is 54.2 Å². The molecule has 1 amide bonds. The molecule has 0 saturated heterocycles. The van der Waals surface area contributed by atoms with Crippen LogP contribution in [0.1, 0.15) is 5.56 Å². The molecule has 0 saturated carbocycles. The van der Waals surface area contributed by atoms with E-state index in [2.05, 4.69) is 10.3 Å². The lowest BCUT2D eigenvalue weighted by Crippen LogP contribution is -2.25. The van der Waals surface area contributed by atoms with Crippen LogP contribution in [0.25, 0.3) is 20.7 Å². The van der Waals surface area contributed by atoms with E-state index < -0.39 is 0 Å². The maximum Gasteiger partial charge on any atom is 0.262 e. The van der Waals surface area contributed by atoms with Gasteiger partial charge in [0.2, 0.25) is 5.91 Å². The summed E-state index contributed by atoms with van der Waals surface area (Å²) in [7, 11) is 1.66. The van der Waals surface area contributed by atoms with Crippen molar-refractivity contribution in [1.82, 2.24) is 14.9 Å². The van der Waals surface area contributed by atoms with Crippen LogP contribution >= 0.6 is 23.1 Å². The third-order valence-corrected chi connectivity index (χ3v) is 6.63. The maximum absolute atomic E-state index is 12.9.